The first kappa shape index (κ1) is 44.1. The van der Waals surface area contributed by atoms with E-state index in [1.54, 1.807) is 0 Å². The Kier molecular flexibility index (Phi) is 18.9. The van der Waals surface area contributed by atoms with Crippen LogP contribution in [0.15, 0.2) is 243 Å². The Balaban J connectivity index is 0.000000207. The van der Waals surface area contributed by atoms with Crippen LogP contribution in [-0.2, 0) is 44.8 Å². The van der Waals surface area contributed by atoms with Gasteiger partial charge in [-0.3, -0.25) is 0 Å². The summed E-state index contributed by atoms with van der Waals surface area (Å²) in [5, 5.41) is 12.0. The van der Waals surface area contributed by atoms with Gasteiger partial charge >= 0.3 is 44.8 Å². The van der Waals surface area contributed by atoms with E-state index in [0.717, 1.165) is 0 Å². The van der Waals surface area contributed by atoms with Gasteiger partial charge < -0.3 is 0 Å². The van der Waals surface area contributed by atoms with Crippen molar-refractivity contribution in [2.24, 2.45) is 0 Å². The van der Waals surface area contributed by atoms with Gasteiger partial charge in [0, 0.05) is 0 Å². The van der Waals surface area contributed by atoms with Gasteiger partial charge in [0.05, 0.1) is 0 Å². The largest absolute Gasteiger partial charge is 1.00 e. The quantitative estimate of drug-likeness (QED) is 0.0846. The first-order valence-corrected chi connectivity index (χ1v) is 25.5. The standard InChI is InChI=1S/2C25H22P2.2Au/c2*1-5-13-22(14-6-1)26(23-15-7-2-8-16-23)21-27(24-17-9-3-10-18-24)25-19-11-4-12-20-25;;/h2*1-20H,21H2;;/q;;2*+1/p+4. The summed E-state index contributed by atoms with van der Waals surface area (Å²) in [4.78, 5) is 0. The van der Waals surface area contributed by atoms with Crippen LogP contribution in [0.5, 0.6) is 0 Å². The number of hydrogen-bond acceptors (Lipinski definition) is 0. The van der Waals surface area contributed by atoms with Crippen LogP contribution in [0, 0.1) is 0 Å². The van der Waals surface area contributed by atoms with Crippen LogP contribution < -0.4 is 42.4 Å². The van der Waals surface area contributed by atoms with Crippen molar-refractivity contribution in [2.45, 2.75) is 0 Å². The monoisotopic (exact) mass is 1170 g/mol. The fourth-order valence-corrected chi connectivity index (χ4v) is 22.4. The van der Waals surface area contributed by atoms with Gasteiger partial charge in [0.1, 0.15) is 74.1 Å². The predicted molar refractivity (Wildman–Crippen MR) is 252 cm³/mol. The summed E-state index contributed by atoms with van der Waals surface area (Å²) in [7, 11) is -3.39. The van der Waals surface area contributed by atoms with Crippen molar-refractivity contribution in [3.05, 3.63) is 243 Å². The predicted octanol–water partition coefficient (Wildman–Crippen LogP) is 9.34. The second-order valence-corrected chi connectivity index (χ2v) is 24.5. The zero-order chi connectivity index (χ0) is 36.6. The van der Waals surface area contributed by atoms with Crippen LogP contribution >= 0.6 is 31.7 Å². The molecule has 6 heteroatoms. The summed E-state index contributed by atoms with van der Waals surface area (Å²) in [6, 6.07) is 88.9. The molecule has 0 N–H and O–H groups in total. The molecule has 0 heterocycles. The van der Waals surface area contributed by atoms with Crippen molar-refractivity contribution >= 4 is 74.1 Å². The summed E-state index contributed by atoms with van der Waals surface area (Å²) in [6.45, 7) is 0. The van der Waals surface area contributed by atoms with Crippen LogP contribution in [0.3, 0.4) is 0 Å². The molecule has 0 spiro atoms. The first-order chi connectivity index (χ1) is 26.8. The molecule has 0 saturated heterocycles. The normalized spacial score (nSPS) is 10.6. The van der Waals surface area contributed by atoms with E-state index >= 15 is 0 Å². The molecule has 0 aliphatic rings. The fraction of sp³-hybridized carbons (Fsp3) is 0.0400. The summed E-state index contributed by atoms with van der Waals surface area (Å²) < 4.78 is 0. The van der Waals surface area contributed by atoms with E-state index in [1.165, 1.54) is 54.2 Å². The molecule has 0 aliphatic carbocycles. The van der Waals surface area contributed by atoms with Crippen molar-refractivity contribution < 1.29 is 44.8 Å². The summed E-state index contributed by atoms with van der Waals surface area (Å²) in [5.74, 6) is 2.49. The Bertz CT molecular complexity index is 1730. The second-order valence-electron chi connectivity index (χ2n) is 13.2. The Morgan fingerprint density at radius 3 is 0.393 bits per heavy atom. The van der Waals surface area contributed by atoms with E-state index in [-0.39, 0.29) is 44.8 Å². The molecule has 0 aromatic heterocycles. The van der Waals surface area contributed by atoms with Crippen LogP contribution in [0.2, 0.25) is 0 Å². The van der Waals surface area contributed by atoms with Gasteiger partial charge in [-0.1, -0.05) is 146 Å². The van der Waals surface area contributed by atoms with E-state index < -0.39 is 31.7 Å². The summed E-state index contributed by atoms with van der Waals surface area (Å²) >= 11 is 0. The molecular weight excluding hydrogens is 1120 g/mol. The second kappa shape index (κ2) is 24.0. The van der Waals surface area contributed by atoms with E-state index in [9.17, 15) is 0 Å². The third-order valence-electron chi connectivity index (χ3n) is 9.69. The molecule has 284 valence electrons. The Labute approximate surface area is 370 Å². The smallest absolute Gasteiger partial charge is 0.0620 e. The van der Waals surface area contributed by atoms with Gasteiger partial charge in [0.15, 0.2) is 11.8 Å². The number of benzene rings is 8. The van der Waals surface area contributed by atoms with Crippen molar-refractivity contribution in [1.82, 2.24) is 0 Å². The maximum atomic E-state index is 2.32. The van der Waals surface area contributed by atoms with E-state index in [2.05, 4.69) is 243 Å². The van der Waals surface area contributed by atoms with Crippen LogP contribution in [0.4, 0.5) is 0 Å². The average Bonchev–Trinajstić information content (AvgIpc) is 3.27. The van der Waals surface area contributed by atoms with Crippen molar-refractivity contribution in [1.29, 1.82) is 0 Å². The zero-order valence-electron chi connectivity index (χ0n) is 31.1. The van der Waals surface area contributed by atoms with Crippen LogP contribution in [0.25, 0.3) is 0 Å². The average molecular weight is 1170 g/mol. The third kappa shape index (κ3) is 12.5. The molecular formula is C50H48Au2P4+6. The summed E-state index contributed by atoms with van der Waals surface area (Å²) in [6.07, 6.45) is 0. The maximum absolute atomic E-state index is 2.32. The molecule has 0 aliphatic heterocycles. The zero-order valence-corrected chi connectivity index (χ0v) is 39.4. The van der Waals surface area contributed by atoms with Crippen LogP contribution in [-0.4, -0.2) is 11.8 Å². The first-order valence-electron chi connectivity index (χ1n) is 18.7. The van der Waals surface area contributed by atoms with Gasteiger partial charge in [-0.25, -0.2) is 0 Å². The van der Waals surface area contributed by atoms with Crippen molar-refractivity contribution in [3.63, 3.8) is 0 Å². The van der Waals surface area contributed by atoms with E-state index in [4.69, 9.17) is 0 Å². The molecule has 8 aromatic rings. The minimum Gasteiger partial charge on any atom is -0.0620 e. The van der Waals surface area contributed by atoms with Crippen molar-refractivity contribution in [3.8, 4) is 0 Å². The maximum Gasteiger partial charge on any atom is 1.00 e. The Morgan fingerprint density at radius 1 is 0.179 bits per heavy atom. The fourth-order valence-electron chi connectivity index (χ4n) is 6.95. The molecule has 0 unspecified atom stereocenters. The van der Waals surface area contributed by atoms with E-state index in [1.807, 2.05) is 0 Å². The SMILES string of the molecule is [Au+].[Au+].c1ccc([PH+](C[PH+](c2ccccc2)c2ccccc2)c2ccccc2)cc1.c1ccc([PH+](C[PH+](c2ccccc2)c2ccccc2)c2ccccc2)cc1. The van der Waals surface area contributed by atoms with Gasteiger partial charge in [0.25, 0.3) is 0 Å². The molecule has 8 rings (SSSR count). The Hall–Kier alpha value is -3.04. The van der Waals surface area contributed by atoms with Crippen molar-refractivity contribution in [2.75, 3.05) is 11.8 Å². The topological polar surface area (TPSA) is 0 Å². The molecule has 0 amide bonds. The Morgan fingerprint density at radius 2 is 0.286 bits per heavy atom. The van der Waals surface area contributed by atoms with Gasteiger partial charge in [0.2, 0.25) is 0 Å². The molecule has 0 nitrogen and oxygen atoms in total. The van der Waals surface area contributed by atoms with Crippen LogP contribution in [0.1, 0.15) is 0 Å². The molecule has 8 aromatic carbocycles. The van der Waals surface area contributed by atoms with E-state index in [0.29, 0.717) is 0 Å². The molecule has 0 atom stereocenters. The van der Waals surface area contributed by atoms with Gasteiger partial charge in [-0.2, -0.15) is 0 Å². The minimum absolute atomic E-state index is 0. The summed E-state index contributed by atoms with van der Waals surface area (Å²) in [5.41, 5.74) is 0. The molecule has 0 saturated carbocycles. The van der Waals surface area contributed by atoms with Gasteiger partial charge in [-0.05, 0) is 97.1 Å². The molecule has 0 radical (unpaired) electrons. The number of hydrogen-bond donors (Lipinski definition) is 0. The minimum atomic E-state index is -0.847. The third-order valence-corrected chi connectivity index (χ3v) is 23.6. The number of rotatable bonds is 12. The molecule has 0 bridgehead atoms. The van der Waals surface area contributed by atoms with Gasteiger partial charge in [-0.15, -0.1) is 0 Å². The molecule has 56 heavy (non-hydrogen) atoms. The molecule has 0 fully saturated rings.